The van der Waals surface area contributed by atoms with Crippen LogP contribution in [0.15, 0.2) is 72.8 Å². The normalized spacial score (nSPS) is 10.5. The molecule has 2 nitrogen and oxygen atoms in total. The Morgan fingerprint density at radius 1 is 0.619 bits per heavy atom. The first kappa shape index (κ1) is 13.3. The Balaban J connectivity index is 2.02. The Kier molecular flexibility index (Phi) is 3.61. The highest BCUT2D eigenvalue weighted by Gasteiger charge is 2.12. The molecule has 3 rings (SSSR count). The third-order valence-electron chi connectivity index (χ3n) is 3.55. The molecule has 3 aromatic rings. The number of para-hydroxylation sites is 2. The van der Waals surface area contributed by atoms with E-state index in [1.807, 2.05) is 54.6 Å². The van der Waals surface area contributed by atoms with Crippen LogP contribution in [0.2, 0.25) is 0 Å². The molecule has 0 atom stereocenters. The van der Waals surface area contributed by atoms with Crippen LogP contribution >= 0.6 is 0 Å². The fourth-order valence-electron chi connectivity index (χ4n) is 2.47. The van der Waals surface area contributed by atoms with Crippen LogP contribution in [0, 0.1) is 0 Å². The van der Waals surface area contributed by atoms with E-state index in [4.69, 9.17) is 0 Å². The number of phenols is 2. The second kappa shape index (κ2) is 5.71. The van der Waals surface area contributed by atoms with Crippen molar-refractivity contribution in [3.05, 3.63) is 83.9 Å². The molecule has 0 aromatic heterocycles. The molecule has 0 bridgehead atoms. The van der Waals surface area contributed by atoms with E-state index in [2.05, 4.69) is 0 Å². The molecular weight excluding hydrogens is 260 g/mol. The highest BCUT2D eigenvalue weighted by molar-refractivity contribution is 5.76. The fourth-order valence-corrected chi connectivity index (χ4v) is 2.47. The molecule has 0 aliphatic heterocycles. The number of rotatable bonds is 3. The standard InChI is InChI=1S/C19H16O2/c20-18-12-5-4-10-16(18)17-11-6-9-15(19(17)21)13-14-7-2-1-3-8-14/h1-12,20-21H,13H2. The minimum Gasteiger partial charge on any atom is -0.507 e. The summed E-state index contributed by atoms with van der Waals surface area (Å²) < 4.78 is 0. The van der Waals surface area contributed by atoms with Crippen LogP contribution in [0.4, 0.5) is 0 Å². The van der Waals surface area contributed by atoms with Gasteiger partial charge < -0.3 is 10.2 Å². The topological polar surface area (TPSA) is 40.5 Å². The molecule has 21 heavy (non-hydrogen) atoms. The Morgan fingerprint density at radius 3 is 2.05 bits per heavy atom. The Hall–Kier alpha value is -2.74. The molecule has 0 heterocycles. The van der Waals surface area contributed by atoms with Crippen molar-refractivity contribution in [1.29, 1.82) is 0 Å². The minimum atomic E-state index is 0.171. The van der Waals surface area contributed by atoms with Gasteiger partial charge in [0.2, 0.25) is 0 Å². The Morgan fingerprint density at radius 2 is 1.29 bits per heavy atom. The maximum Gasteiger partial charge on any atom is 0.127 e. The largest absolute Gasteiger partial charge is 0.507 e. The number of benzene rings is 3. The van der Waals surface area contributed by atoms with Gasteiger partial charge in [-0.25, -0.2) is 0 Å². The summed E-state index contributed by atoms with van der Waals surface area (Å²) in [6.07, 6.45) is 0.661. The van der Waals surface area contributed by atoms with Crippen molar-refractivity contribution >= 4 is 0 Å². The first-order chi connectivity index (χ1) is 10.3. The second-order valence-corrected chi connectivity index (χ2v) is 4.99. The van der Waals surface area contributed by atoms with Crippen LogP contribution in [0.3, 0.4) is 0 Å². The summed E-state index contributed by atoms with van der Waals surface area (Å²) in [4.78, 5) is 0. The van der Waals surface area contributed by atoms with E-state index in [1.165, 1.54) is 0 Å². The molecule has 3 aromatic carbocycles. The summed E-state index contributed by atoms with van der Waals surface area (Å²) in [5.41, 5.74) is 3.29. The smallest absolute Gasteiger partial charge is 0.127 e. The lowest BCUT2D eigenvalue weighted by Gasteiger charge is -2.11. The predicted octanol–water partition coefficient (Wildman–Crippen LogP) is 4.36. The Bertz CT molecular complexity index is 749. The summed E-state index contributed by atoms with van der Waals surface area (Å²) in [5, 5.41) is 20.5. The molecule has 104 valence electrons. The maximum atomic E-state index is 10.5. The van der Waals surface area contributed by atoms with Gasteiger partial charge >= 0.3 is 0 Å². The van der Waals surface area contributed by atoms with Crippen LogP contribution in [-0.2, 0) is 6.42 Å². The molecule has 0 amide bonds. The van der Waals surface area contributed by atoms with Gasteiger partial charge in [-0.15, -0.1) is 0 Å². The summed E-state index contributed by atoms with van der Waals surface area (Å²) in [6, 6.07) is 22.7. The molecule has 0 aliphatic carbocycles. The first-order valence-electron chi connectivity index (χ1n) is 6.89. The summed E-state index contributed by atoms with van der Waals surface area (Å²) >= 11 is 0. The van der Waals surface area contributed by atoms with Gasteiger partial charge in [-0.1, -0.05) is 66.7 Å². The van der Waals surface area contributed by atoms with Crippen LogP contribution < -0.4 is 0 Å². The summed E-state index contributed by atoms with van der Waals surface area (Å²) in [7, 11) is 0. The number of hydrogen-bond acceptors (Lipinski definition) is 2. The molecule has 2 N–H and O–H groups in total. The van der Waals surface area contributed by atoms with Gasteiger partial charge in [0.1, 0.15) is 11.5 Å². The maximum absolute atomic E-state index is 10.5. The van der Waals surface area contributed by atoms with Crippen molar-refractivity contribution < 1.29 is 10.2 Å². The van der Waals surface area contributed by atoms with E-state index in [9.17, 15) is 10.2 Å². The van der Waals surface area contributed by atoms with E-state index in [-0.39, 0.29) is 11.5 Å². The Labute approximate surface area is 123 Å². The van der Waals surface area contributed by atoms with Crippen LogP contribution in [0.25, 0.3) is 11.1 Å². The lowest BCUT2D eigenvalue weighted by Crippen LogP contribution is -1.90. The quantitative estimate of drug-likeness (QED) is 0.746. The SMILES string of the molecule is Oc1ccccc1-c1cccc(Cc2ccccc2)c1O. The third-order valence-corrected chi connectivity index (χ3v) is 3.55. The highest BCUT2D eigenvalue weighted by atomic mass is 16.3. The second-order valence-electron chi connectivity index (χ2n) is 4.99. The highest BCUT2D eigenvalue weighted by Crippen LogP contribution is 2.37. The van der Waals surface area contributed by atoms with Crippen molar-refractivity contribution in [1.82, 2.24) is 0 Å². The predicted molar refractivity (Wildman–Crippen MR) is 84.5 cm³/mol. The van der Waals surface area contributed by atoms with E-state index in [0.29, 0.717) is 17.5 Å². The molecular formula is C19H16O2. The summed E-state index contributed by atoms with van der Waals surface area (Å²) in [6.45, 7) is 0. The monoisotopic (exact) mass is 276 g/mol. The van der Waals surface area contributed by atoms with Gasteiger partial charge in [-0.3, -0.25) is 0 Å². The van der Waals surface area contributed by atoms with Gasteiger partial charge in [-0.2, -0.15) is 0 Å². The zero-order valence-electron chi connectivity index (χ0n) is 11.5. The van der Waals surface area contributed by atoms with Gasteiger partial charge in [-0.05, 0) is 17.2 Å². The number of aromatic hydroxyl groups is 2. The van der Waals surface area contributed by atoms with Gasteiger partial charge in [0.25, 0.3) is 0 Å². The summed E-state index contributed by atoms with van der Waals surface area (Å²) in [5.74, 6) is 0.396. The van der Waals surface area contributed by atoms with E-state index in [0.717, 1.165) is 11.1 Å². The minimum absolute atomic E-state index is 0.171. The fraction of sp³-hybridized carbons (Fsp3) is 0.0526. The van der Waals surface area contributed by atoms with E-state index >= 15 is 0 Å². The zero-order chi connectivity index (χ0) is 14.7. The molecule has 0 unspecified atom stereocenters. The average molecular weight is 276 g/mol. The van der Waals surface area contributed by atoms with E-state index < -0.39 is 0 Å². The van der Waals surface area contributed by atoms with Gasteiger partial charge in [0.05, 0.1) is 0 Å². The molecule has 0 aliphatic rings. The van der Waals surface area contributed by atoms with Crippen molar-refractivity contribution in [2.75, 3.05) is 0 Å². The van der Waals surface area contributed by atoms with Crippen molar-refractivity contribution in [2.24, 2.45) is 0 Å². The number of phenolic OH excluding ortho intramolecular Hbond substituents is 2. The lowest BCUT2D eigenvalue weighted by atomic mass is 9.97. The molecule has 0 saturated heterocycles. The van der Waals surface area contributed by atoms with Crippen molar-refractivity contribution in [3.63, 3.8) is 0 Å². The zero-order valence-corrected chi connectivity index (χ0v) is 11.5. The number of hydrogen-bond donors (Lipinski definition) is 2. The third kappa shape index (κ3) is 2.75. The average Bonchev–Trinajstić information content (AvgIpc) is 2.51. The van der Waals surface area contributed by atoms with Gasteiger partial charge in [0.15, 0.2) is 0 Å². The molecule has 2 heteroatoms. The molecule has 0 fully saturated rings. The van der Waals surface area contributed by atoms with Crippen LogP contribution in [0.5, 0.6) is 11.5 Å². The molecule has 0 spiro atoms. The molecule has 0 saturated carbocycles. The molecule has 0 radical (unpaired) electrons. The van der Waals surface area contributed by atoms with E-state index in [1.54, 1.807) is 18.2 Å². The first-order valence-corrected chi connectivity index (χ1v) is 6.89. The lowest BCUT2D eigenvalue weighted by molar-refractivity contribution is 0.465. The van der Waals surface area contributed by atoms with Crippen LogP contribution in [0.1, 0.15) is 11.1 Å². The van der Waals surface area contributed by atoms with Crippen LogP contribution in [-0.4, -0.2) is 10.2 Å². The van der Waals surface area contributed by atoms with Crippen molar-refractivity contribution in [2.45, 2.75) is 6.42 Å². The van der Waals surface area contributed by atoms with Gasteiger partial charge in [0, 0.05) is 17.5 Å². The van der Waals surface area contributed by atoms with Crippen molar-refractivity contribution in [3.8, 4) is 22.6 Å².